The molecule has 1 aromatic carbocycles. The van der Waals surface area contributed by atoms with Crippen LogP contribution in [0.25, 0.3) is 11.4 Å². The molecule has 2 amide bonds. The van der Waals surface area contributed by atoms with Gasteiger partial charge in [-0.05, 0) is 30.7 Å². The average Bonchev–Trinajstić information content (AvgIpc) is 3.06. The predicted molar refractivity (Wildman–Crippen MR) is 88.4 cm³/mol. The number of morpholine rings is 1. The number of rotatable bonds is 2. The maximum absolute atomic E-state index is 13.1. The van der Waals surface area contributed by atoms with E-state index in [0.29, 0.717) is 38.7 Å². The van der Waals surface area contributed by atoms with Gasteiger partial charge in [-0.25, -0.2) is 9.18 Å². The molecule has 1 atom stereocenters. The van der Waals surface area contributed by atoms with Gasteiger partial charge in [0.05, 0.1) is 13.2 Å². The summed E-state index contributed by atoms with van der Waals surface area (Å²) in [4.78, 5) is 14.2. The van der Waals surface area contributed by atoms with Crippen LogP contribution in [0.2, 0.25) is 0 Å². The zero-order chi connectivity index (χ0) is 17.2. The Morgan fingerprint density at radius 1 is 1.20 bits per heavy atom. The Kier molecular flexibility index (Phi) is 4.35. The van der Waals surface area contributed by atoms with Gasteiger partial charge in [0.25, 0.3) is 0 Å². The van der Waals surface area contributed by atoms with Gasteiger partial charge >= 0.3 is 6.03 Å². The van der Waals surface area contributed by atoms with Crippen molar-refractivity contribution in [3.63, 3.8) is 0 Å². The molecule has 2 aromatic rings. The van der Waals surface area contributed by atoms with Crippen LogP contribution in [0.5, 0.6) is 0 Å². The minimum atomic E-state index is -0.280. The highest BCUT2D eigenvalue weighted by Crippen LogP contribution is 2.23. The van der Waals surface area contributed by atoms with Gasteiger partial charge in [0.1, 0.15) is 11.6 Å². The zero-order valence-corrected chi connectivity index (χ0v) is 13.8. The Morgan fingerprint density at radius 3 is 2.72 bits per heavy atom. The normalized spacial score (nSPS) is 20.2. The molecule has 0 radical (unpaired) electrons. The number of fused-ring (bicyclic) bond motifs is 1. The molecular weight excluding hydrogens is 325 g/mol. The average molecular weight is 345 g/mol. The number of halogens is 1. The molecule has 132 valence electrons. The first-order valence-electron chi connectivity index (χ1n) is 8.52. The molecule has 7 nitrogen and oxygen atoms in total. The minimum Gasteiger partial charge on any atom is -0.378 e. The summed E-state index contributed by atoms with van der Waals surface area (Å²) in [6.07, 6.45) is 1.58. The molecule has 3 heterocycles. The molecule has 25 heavy (non-hydrogen) atoms. The van der Waals surface area contributed by atoms with Crippen molar-refractivity contribution in [3.8, 4) is 11.4 Å². The lowest BCUT2D eigenvalue weighted by molar-refractivity contribution is 0.0521. The number of ether oxygens (including phenoxy) is 1. The molecule has 0 spiro atoms. The number of aryl methyl sites for hydroxylation is 1. The molecule has 0 saturated carbocycles. The third-order valence-electron chi connectivity index (χ3n) is 4.68. The molecular formula is C17H20FN5O2. The highest BCUT2D eigenvalue weighted by Gasteiger charge is 2.26. The topological polar surface area (TPSA) is 72.3 Å². The number of hydrogen-bond acceptors (Lipinski definition) is 4. The van der Waals surface area contributed by atoms with E-state index in [2.05, 4.69) is 15.5 Å². The maximum Gasteiger partial charge on any atom is 0.317 e. The van der Waals surface area contributed by atoms with E-state index in [1.54, 1.807) is 17.0 Å². The molecule has 8 heteroatoms. The molecule has 4 rings (SSSR count). The molecule has 1 fully saturated rings. The Hall–Kier alpha value is -2.48. The molecule has 1 aromatic heterocycles. The van der Waals surface area contributed by atoms with E-state index in [1.807, 2.05) is 4.57 Å². The number of aromatic nitrogens is 3. The van der Waals surface area contributed by atoms with Crippen molar-refractivity contribution in [1.82, 2.24) is 25.0 Å². The molecule has 0 bridgehead atoms. The van der Waals surface area contributed by atoms with Crippen LogP contribution in [0.3, 0.4) is 0 Å². The van der Waals surface area contributed by atoms with Gasteiger partial charge in [-0.3, -0.25) is 0 Å². The highest BCUT2D eigenvalue weighted by atomic mass is 19.1. The van der Waals surface area contributed by atoms with Crippen LogP contribution in [-0.4, -0.2) is 58.0 Å². The fourth-order valence-corrected chi connectivity index (χ4v) is 3.29. The molecule has 2 aliphatic rings. The molecule has 0 unspecified atom stereocenters. The van der Waals surface area contributed by atoms with E-state index < -0.39 is 0 Å². The number of carbonyl (C=O) groups excluding carboxylic acids is 1. The SMILES string of the molecule is O=C(N[C@H]1CCc2nnc(-c3ccc(F)cc3)n2C1)N1CCOCC1. The summed E-state index contributed by atoms with van der Waals surface area (Å²) in [5.41, 5.74) is 0.820. The summed E-state index contributed by atoms with van der Waals surface area (Å²) >= 11 is 0. The smallest absolute Gasteiger partial charge is 0.317 e. The van der Waals surface area contributed by atoms with Gasteiger partial charge in [0.2, 0.25) is 0 Å². The van der Waals surface area contributed by atoms with E-state index >= 15 is 0 Å². The predicted octanol–water partition coefficient (Wildman–Crippen LogP) is 1.44. The first kappa shape index (κ1) is 16.0. The lowest BCUT2D eigenvalue weighted by atomic mass is 10.1. The van der Waals surface area contributed by atoms with Gasteiger partial charge in [-0.2, -0.15) is 0 Å². The highest BCUT2D eigenvalue weighted by molar-refractivity contribution is 5.74. The molecule has 1 N–H and O–H groups in total. The Morgan fingerprint density at radius 2 is 1.96 bits per heavy atom. The number of nitrogens with zero attached hydrogens (tertiary/aromatic N) is 4. The van der Waals surface area contributed by atoms with Gasteiger partial charge < -0.3 is 19.5 Å². The minimum absolute atomic E-state index is 0.0260. The monoisotopic (exact) mass is 345 g/mol. The third-order valence-corrected chi connectivity index (χ3v) is 4.68. The Bertz CT molecular complexity index is 755. The number of amides is 2. The second kappa shape index (κ2) is 6.79. The van der Waals surface area contributed by atoms with Crippen molar-refractivity contribution in [2.75, 3.05) is 26.3 Å². The van der Waals surface area contributed by atoms with E-state index in [1.165, 1.54) is 12.1 Å². The van der Waals surface area contributed by atoms with Crippen LogP contribution in [0.15, 0.2) is 24.3 Å². The zero-order valence-electron chi connectivity index (χ0n) is 13.8. The second-order valence-corrected chi connectivity index (χ2v) is 6.34. The van der Waals surface area contributed by atoms with Crippen molar-refractivity contribution in [1.29, 1.82) is 0 Å². The van der Waals surface area contributed by atoms with Crippen molar-refractivity contribution in [2.24, 2.45) is 0 Å². The van der Waals surface area contributed by atoms with Crippen molar-refractivity contribution in [3.05, 3.63) is 35.9 Å². The summed E-state index contributed by atoms with van der Waals surface area (Å²) in [5, 5.41) is 11.6. The quantitative estimate of drug-likeness (QED) is 0.894. The Labute approximate surface area is 144 Å². The van der Waals surface area contributed by atoms with Crippen LogP contribution in [0, 0.1) is 5.82 Å². The van der Waals surface area contributed by atoms with E-state index in [9.17, 15) is 9.18 Å². The maximum atomic E-state index is 13.1. The first-order valence-corrected chi connectivity index (χ1v) is 8.52. The summed E-state index contributed by atoms with van der Waals surface area (Å²) in [6.45, 7) is 3.03. The van der Waals surface area contributed by atoms with Crippen LogP contribution in [0.4, 0.5) is 9.18 Å². The van der Waals surface area contributed by atoms with E-state index in [0.717, 1.165) is 24.2 Å². The van der Waals surface area contributed by atoms with Crippen LogP contribution < -0.4 is 5.32 Å². The second-order valence-electron chi connectivity index (χ2n) is 6.34. The van der Waals surface area contributed by atoms with Crippen molar-refractivity contribution >= 4 is 6.03 Å². The van der Waals surface area contributed by atoms with Gasteiger partial charge in [0.15, 0.2) is 5.82 Å². The summed E-state index contributed by atoms with van der Waals surface area (Å²) in [7, 11) is 0. The summed E-state index contributed by atoms with van der Waals surface area (Å²) in [5.74, 6) is 1.33. The summed E-state index contributed by atoms with van der Waals surface area (Å²) in [6, 6.07) is 6.20. The van der Waals surface area contributed by atoms with Gasteiger partial charge in [0, 0.05) is 37.7 Å². The Balaban J connectivity index is 1.48. The van der Waals surface area contributed by atoms with Crippen molar-refractivity contribution < 1.29 is 13.9 Å². The number of hydrogen-bond donors (Lipinski definition) is 1. The molecule has 0 aliphatic carbocycles. The van der Waals surface area contributed by atoms with Crippen LogP contribution in [0.1, 0.15) is 12.2 Å². The van der Waals surface area contributed by atoms with Crippen molar-refractivity contribution in [2.45, 2.75) is 25.4 Å². The number of urea groups is 1. The fourth-order valence-electron chi connectivity index (χ4n) is 3.29. The summed E-state index contributed by atoms with van der Waals surface area (Å²) < 4.78 is 20.4. The van der Waals surface area contributed by atoms with Gasteiger partial charge in [-0.1, -0.05) is 0 Å². The first-order chi connectivity index (χ1) is 12.2. The van der Waals surface area contributed by atoms with Gasteiger partial charge in [-0.15, -0.1) is 10.2 Å². The lowest BCUT2D eigenvalue weighted by Gasteiger charge is -2.31. The largest absolute Gasteiger partial charge is 0.378 e. The van der Waals surface area contributed by atoms with Crippen LogP contribution >= 0.6 is 0 Å². The van der Waals surface area contributed by atoms with E-state index in [4.69, 9.17) is 4.74 Å². The standard InChI is InChI=1S/C17H20FN5O2/c18-13-3-1-12(2-4-13)16-21-20-15-6-5-14(11-23(15)16)19-17(24)22-7-9-25-10-8-22/h1-4,14H,5-11H2,(H,19,24)/t14-/m0/s1. The lowest BCUT2D eigenvalue weighted by Crippen LogP contribution is -2.51. The van der Waals surface area contributed by atoms with E-state index in [-0.39, 0.29) is 17.9 Å². The number of carbonyl (C=O) groups is 1. The third kappa shape index (κ3) is 3.34. The fraction of sp³-hybridized carbons (Fsp3) is 0.471. The number of benzene rings is 1. The molecule has 2 aliphatic heterocycles. The molecule has 1 saturated heterocycles. The van der Waals surface area contributed by atoms with Crippen LogP contribution in [-0.2, 0) is 17.7 Å². The number of nitrogens with one attached hydrogen (secondary N) is 1.